The Balaban J connectivity index is 2.05. The SMILES string of the molecule is CC1CN(c2ccc(/C=C/C(=O)O)cn2)CCO1. The highest BCUT2D eigenvalue weighted by atomic mass is 16.5. The highest BCUT2D eigenvalue weighted by Crippen LogP contribution is 2.15. The maximum absolute atomic E-state index is 10.4. The van der Waals surface area contributed by atoms with Crippen LogP contribution in [0.1, 0.15) is 12.5 Å². The van der Waals surface area contributed by atoms with E-state index >= 15 is 0 Å². The number of hydrogen-bond donors (Lipinski definition) is 1. The summed E-state index contributed by atoms with van der Waals surface area (Å²) >= 11 is 0. The zero-order valence-electron chi connectivity index (χ0n) is 10.2. The van der Waals surface area contributed by atoms with Crippen molar-refractivity contribution in [3.63, 3.8) is 0 Å². The smallest absolute Gasteiger partial charge is 0.328 e. The van der Waals surface area contributed by atoms with Crippen molar-refractivity contribution in [2.45, 2.75) is 13.0 Å². The normalized spacial score (nSPS) is 20.3. The second-order valence-electron chi connectivity index (χ2n) is 4.25. The molecule has 0 aromatic carbocycles. The number of ether oxygens (including phenoxy) is 1. The van der Waals surface area contributed by atoms with E-state index in [1.54, 1.807) is 6.20 Å². The number of carbonyl (C=O) groups is 1. The van der Waals surface area contributed by atoms with Crippen LogP contribution >= 0.6 is 0 Å². The fourth-order valence-electron chi connectivity index (χ4n) is 1.88. The summed E-state index contributed by atoms with van der Waals surface area (Å²) in [5.74, 6) is -0.0568. The Morgan fingerprint density at radius 3 is 3.06 bits per heavy atom. The molecule has 1 saturated heterocycles. The van der Waals surface area contributed by atoms with Crippen LogP contribution in [0.5, 0.6) is 0 Å². The second kappa shape index (κ2) is 5.64. The summed E-state index contributed by atoms with van der Waals surface area (Å²) in [5, 5.41) is 8.53. The lowest BCUT2D eigenvalue weighted by Crippen LogP contribution is -2.41. The quantitative estimate of drug-likeness (QED) is 0.819. The number of aromatic nitrogens is 1. The molecule has 1 unspecified atom stereocenters. The van der Waals surface area contributed by atoms with Crippen LogP contribution in [0.25, 0.3) is 6.08 Å². The minimum absolute atomic E-state index is 0.215. The molecule has 5 nitrogen and oxygen atoms in total. The highest BCUT2D eigenvalue weighted by molar-refractivity contribution is 5.85. The summed E-state index contributed by atoms with van der Waals surface area (Å²) in [4.78, 5) is 16.9. The van der Waals surface area contributed by atoms with Gasteiger partial charge in [0.25, 0.3) is 0 Å². The van der Waals surface area contributed by atoms with Crippen LogP contribution in [0.2, 0.25) is 0 Å². The number of rotatable bonds is 3. The minimum Gasteiger partial charge on any atom is -0.478 e. The van der Waals surface area contributed by atoms with Crippen molar-refractivity contribution in [3.8, 4) is 0 Å². The van der Waals surface area contributed by atoms with Crippen molar-refractivity contribution in [2.75, 3.05) is 24.6 Å². The Labute approximate surface area is 106 Å². The topological polar surface area (TPSA) is 62.7 Å². The predicted octanol–water partition coefficient (Wildman–Crippen LogP) is 1.40. The lowest BCUT2D eigenvalue weighted by atomic mass is 10.2. The van der Waals surface area contributed by atoms with E-state index in [1.807, 2.05) is 19.1 Å². The summed E-state index contributed by atoms with van der Waals surface area (Å²) in [5.41, 5.74) is 0.780. The van der Waals surface area contributed by atoms with E-state index in [2.05, 4.69) is 9.88 Å². The molecule has 2 rings (SSSR count). The molecule has 18 heavy (non-hydrogen) atoms. The van der Waals surface area contributed by atoms with E-state index in [9.17, 15) is 4.79 Å². The van der Waals surface area contributed by atoms with Crippen molar-refractivity contribution in [2.24, 2.45) is 0 Å². The van der Waals surface area contributed by atoms with Crippen molar-refractivity contribution in [3.05, 3.63) is 30.0 Å². The third kappa shape index (κ3) is 3.30. The van der Waals surface area contributed by atoms with E-state index in [0.717, 1.165) is 30.5 Å². The molecule has 1 aliphatic rings. The van der Waals surface area contributed by atoms with Crippen molar-refractivity contribution < 1.29 is 14.6 Å². The van der Waals surface area contributed by atoms with Crippen LogP contribution in [0.15, 0.2) is 24.4 Å². The molecule has 5 heteroatoms. The van der Waals surface area contributed by atoms with Crippen LogP contribution < -0.4 is 4.90 Å². The summed E-state index contributed by atoms with van der Waals surface area (Å²) < 4.78 is 5.47. The van der Waals surface area contributed by atoms with Gasteiger partial charge in [-0.3, -0.25) is 0 Å². The van der Waals surface area contributed by atoms with Gasteiger partial charge in [-0.1, -0.05) is 0 Å². The number of pyridine rings is 1. The molecule has 1 N–H and O–H groups in total. The van der Waals surface area contributed by atoms with Gasteiger partial charge in [-0.2, -0.15) is 0 Å². The van der Waals surface area contributed by atoms with Gasteiger partial charge in [0.15, 0.2) is 0 Å². The summed E-state index contributed by atoms with van der Waals surface area (Å²) in [7, 11) is 0. The van der Waals surface area contributed by atoms with Gasteiger partial charge in [-0.25, -0.2) is 9.78 Å². The van der Waals surface area contributed by atoms with Crippen LogP contribution in [-0.2, 0) is 9.53 Å². The van der Waals surface area contributed by atoms with Gasteiger partial charge < -0.3 is 14.7 Å². The second-order valence-corrected chi connectivity index (χ2v) is 4.25. The van der Waals surface area contributed by atoms with Gasteiger partial charge in [-0.05, 0) is 30.7 Å². The highest BCUT2D eigenvalue weighted by Gasteiger charge is 2.17. The lowest BCUT2D eigenvalue weighted by molar-refractivity contribution is -0.131. The first-order chi connectivity index (χ1) is 8.65. The van der Waals surface area contributed by atoms with Crippen molar-refractivity contribution >= 4 is 17.9 Å². The average Bonchev–Trinajstić information content (AvgIpc) is 2.37. The lowest BCUT2D eigenvalue weighted by Gasteiger charge is -2.31. The summed E-state index contributed by atoms with van der Waals surface area (Å²) in [6.45, 7) is 4.42. The minimum atomic E-state index is -0.957. The molecule has 1 aromatic rings. The molecule has 2 heterocycles. The van der Waals surface area contributed by atoms with E-state index in [1.165, 1.54) is 6.08 Å². The molecule has 0 radical (unpaired) electrons. The Kier molecular flexibility index (Phi) is 3.94. The van der Waals surface area contributed by atoms with Gasteiger partial charge in [0.2, 0.25) is 0 Å². The molecule has 1 fully saturated rings. The fraction of sp³-hybridized carbons (Fsp3) is 0.385. The number of carboxylic acids is 1. The Morgan fingerprint density at radius 2 is 2.44 bits per heavy atom. The zero-order valence-corrected chi connectivity index (χ0v) is 10.2. The van der Waals surface area contributed by atoms with Crippen LogP contribution in [0.3, 0.4) is 0 Å². The standard InChI is InChI=1S/C13H16N2O3/c1-10-9-15(6-7-18-10)12-4-2-11(8-14-12)3-5-13(16)17/h2-5,8,10H,6-7,9H2,1H3,(H,16,17)/b5-3+. The molecule has 1 aromatic heterocycles. The molecule has 0 bridgehead atoms. The zero-order chi connectivity index (χ0) is 13.0. The molecular weight excluding hydrogens is 232 g/mol. The van der Waals surface area contributed by atoms with Crippen molar-refractivity contribution in [1.82, 2.24) is 4.98 Å². The first-order valence-corrected chi connectivity index (χ1v) is 5.89. The number of aliphatic carboxylic acids is 1. The largest absolute Gasteiger partial charge is 0.478 e. The molecule has 1 atom stereocenters. The monoisotopic (exact) mass is 248 g/mol. The van der Waals surface area contributed by atoms with E-state index in [-0.39, 0.29) is 6.10 Å². The number of hydrogen-bond acceptors (Lipinski definition) is 4. The number of anilines is 1. The van der Waals surface area contributed by atoms with E-state index in [4.69, 9.17) is 9.84 Å². The van der Waals surface area contributed by atoms with Gasteiger partial charge in [-0.15, -0.1) is 0 Å². The predicted molar refractivity (Wildman–Crippen MR) is 68.5 cm³/mol. The van der Waals surface area contributed by atoms with Crippen LogP contribution in [0, 0.1) is 0 Å². The molecule has 0 spiro atoms. The molecule has 0 amide bonds. The molecule has 0 aliphatic carbocycles. The van der Waals surface area contributed by atoms with Gasteiger partial charge in [0.1, 0.15) is 5.82 Å². The Bertz CT molecular complexity index is 442. The van der Waals surface area contributed by atoms with E-state index in [0.29, 0.717) is 6.61 Å². The first-order valence-electron chi connectivity index (χ1n) is 5.89. The summed E-state index contributed by atoms with van der Waals surface area (Å²) in [6.07, 6.45) is 4.52. The third-order valence-corrected chi connectivity index (χ3v) is 2.75. The van der Waals surface area contributed by atoms with Crippen LogP contribution in [-0.4, -0.2) is 41.9 Å². The van der Waals surface area contributed by atoms with Crippen LogP contribution in [0.4, 0.5) is 5.82 Å². The molecule has 96 valence electrons. The van der Waals surface area contributed by atoms with Crippen molar-refractivity contribution in [1.29, 1.82) is 0 Å². The molecular formula is C13H16N2O3. The Hall–Kier alpha value is -1.88. The van der Waals surface area contributed by atoms with E-state index < -0.39 is 5.97 Å². The van der Waals surface area contributed by atoms with Gasteiger partial charge in [0, 0.05) is 25.4 Å². The number of carboxylic acid groups (broad SMARTS) is 1. The first kappa shape index (κ1) is 12.6. The summed E-state index contributed by atoms with van der Waals surface area (Å²) in [6, 6.07) is 3.77. The third-order valence-electron chi connectivity index (χ3n) is 2.75. The fourth-order valence-corrected chi connectivity index (χ4v) is 1.88. The average molecular weight is 248 g/mol. The number of morpholine rings is 1. The Morgan fingerprint density at radius 1 is 1.61 bits per heavy atom. The van der Waals surface area contributed by atoms with Gasteiger partial charge in [0.05, 0.1) is 12.7 Å². The van der Waals surface area contributed by atoms with Gasteiger partial charge >= 0.3 is 5.97 Å². The maximum atomic E-state index is 10.4. The number of nitrogens with zero attached hydrogens (tertiary/aromatic N) is 2. The molecule has 1 aliphatic heterocycles. The molecule has 0 saturated carbocycles. The maximum Gasteiger partial charge on any atom is 0.328 e.